The summed E-state index contributed by atoms with van der Waals surface area (Å²) in [6, 6.07) is 0.544. The van der Waals surface area contributed by atoms with Crippen LogP contribution in [0.4, 0.5) is 0 Å². The molecule has 2 saturated heterocycles. The lowest BCUT2D eigenvalue weighted by molar-refractivity contribution is 0.0603. The molecule has 1 aromatic heterocycles. The third kappa shape index (κ3) is 2.87. The number of amides is 1. The molecule has 1 unspecified atom stereocenters. The normalized spacial score (nSPS) is 24.2. The highest BCUT2D eigenvalue weighted by molar-refractivity contribution is 7.09. The molecule has 2 aliphatic heterocycles. The predicted octanol–water partition coefficient (Wildman–Crippen LogP) is 1.30. The molecular weight excluding hydrogens is 272 g/mol. The fourth-order valence-electron chi connectivity index (χ4n) is 3.21. The van der Waals surface area contributed by atoms with Crippen LogP contribution in [0.3, 0.4) is 0 Å². The molecule has 1 aromatic rings. The van der Waals surface area contributed by atoms with Crippen molar-refractivity contribution in [3.63, 3.8) is 0 Å². The summed E-state index contributed by atoms with van der Waals surface area (Å²) < 4.78 is 0. The van der Waals surface area contributed by atoms with Crippen molar-refractivity contribution in [3.05, 3.63) is 16.1 Å². The van der Waals surface area contributed by atoms with E-state index in [1.807, 2.05) is 10.3 Å². The van der Waals surface area contributed by atoms with Gasteiger partial charge in [-0.3, -0.25) is 9.69 Å². The SMILES string of the molecule is NCc1nc(C(=O)N2CCCC(N3CCCC3)C2)cs1. The monoisotopic (exact) mass is 294 g/mol. The molecule has 0 bridgehead atoms. The number of hydrogen-bond donors (Lipinski definition) is 1. The van der Waals surface area contributed by atoms with Gasteiger partial charge in [0, 0.05) is 31.1 Å². The van der Waals surface area contributed by atoms with E-state index in [1.54, 1.807) is 0 Å². The van der Waals surface area contributed by atoms with E-state index < -0.39 is 0 Å². The number of thiazole rings is 1. The molecule has 0 aliphatic carbocycles. The standard InChI is InChI=1S/C14H22N4OS/c15-8-13-16-12(10-20-13)14(19)18-7-3-4-11(9-18)17-5-1-2-6-17/h10-11H,1-9,15H2. The van der Waals surface area contributed by atoms with Crippen LogP contribution in [-0.4, -0.2) is 52.9 Å². The molecule has 5 nitrogen and oxygen atoms in total. The van der Waals surface area contributed by atoms with Crippen molar-refractivity contribution in [1.29, 1.82) is 0 Å². The number of likely N-dealkylation sites (tertiary alicyclic amines) is 2. The quantitative estimate of drug-likeness (QED) is 0.913. The molecule has 2 aliphatic rings. The first kappa shape index (κ1) is 14.0. The van der Waals surface area contributed by atoms with Gasteiger partial charge in [0.1, 0.15) is 10.7 Å². The molecule has 2 fully saturated rings. The third-order valence-electron chi connectivity index (χ3n) is 4.29. The van der Waals surface area contributed by atoms with E-state index in [9.17, 15) is 4.79 Å². The molecular formula is C14H22N4OS. The van der Waals surface area contributed by atoms with Crippen molar-refractivity contribution in [2.75, 3.05) is 26.2 Å². The Morgan fingerprint density at radius 1 is 1.35 bits per heavy atom. The van der Waals surface area contributed by atoms with Gasteiger partial charge >= 0.3 is 0 Å². The van der Waals surface area contributed by atoms with Crippen LogP contribution >= 0.6 is 11.3 Å². The molecule has 0 saturated carbocycles. The number of nitrogens with two attached hydrogens (primary N) is 1. The van der Waals surface area contributed by atoms with Crippen LogP contribution in [0.15, 0.2) is 5.38 Å². The average molecular weight is 294 g/mol. The van der Waals surface area contributed by atoms with Gasteiger partial charge in [-0.15, -0.1) is 11.3 Å². The number of aromatic nitrogens is 1. The number of nitrogens with zero attached hydrogens (tertiary/aromatic N) is 3. The van der Waals surface area contributed by atoms with E-state index in [0.29, 0.717) is 18.3 Å². The summed E-state index contributed by atoms with van der Waals surface area (Å²) in [5, 5.41) is 2.67. The van der Waals surface area contributed by atoms with Crippen molar-refractivity contribution in [2.45, 2.75) is 38.3 Å². The highest BCUT2D eigenvalue weighted by atomic mass is 32.1. The molecule has 0 aromatic carbocycles. The molecule has 0 spiro atoms. The van der Waals surface area contributed by atoms with Crippen LogP contribution in [0.25, 0.3) is 0 Å². The summed E-state index contributed by atoms with van der Waals surface area (Å²) in [6.07, 6.45) is 4.92. The lowest BCUT2D eigenvalue weighted by Gasteiger charge is -2.37. The summed E-state index contributed by atoms with van der Waals surface area (Å²) in [7, 11) is 0. The maximum Gasteiger partial charge on any atom is 0.273 e. The van der Waals surface area contributed by atoms with Crippen LogP contribution < -0.4 is 5.73 Å². The van der Waals surface area contributed by atoms with Gasteiger partial charge in [0.15, 0.2) is 0 Å². The minimum atomic E-state index is 0.0739. The lowest BCUT2D eigenvalue weighted by Crippen LogP contribution is -2.49. The molecule has 3 heterocycles. The number of carbonyl (C=O) groups is 1. The summed E-state index contributed by atoms with van der Waals surface area (Å²) in [5.74, 6) is 0.0739. The van der Waals surface area contributed by atoms with Crippen molar-refractivity contribution < 1.29 is 4.79 Å². The first-order valence-electron chi connectivity index (χ1n) is 7.45. The van der Waals surface area contributed by atoms with E-state index in [4.69, 9.17) is 5.73 Å². The minimum absolute atomic E-state index is 0.0739. The van der Waals surface area contributed by atoms with Gasteiger partial charge in [-0.25, -0.2) is 4.98 Å². The zero-order valence-electron chi connectivity index (χ0n) is 11.8. The Balaban J connectivity index is 1.65. The predicted molar refractivity (Wildman–Crippen MR) is 79.7 cm³/mol. The molecule has 20 heavy (non-hydrogen) atoms. The smallest absolute Gasteiger partial charge is 0.273 e. The Labute approximate surface area is 123 Å². The van der Waals surface area contributed by atoms with Gasteiger partial charge in [-0.2, -0.15) is 0 Å². The zero-order valence-corrected chi connectivity index (χ0v) is 12.6. The van der Waals surface area contributed by atoms with Crippen molar-refractivity contribution in [2.24, 2.45) is 5.73 Å². The Morgan fingerprint density at radius 3 is 2.85 bits per heavy atom. The van der Waals surface area contributed by atoms with Crippen LogP contribution in [0.2, 0.25) is 0 Å². The summed E-state index contributed by atoms with van der Waals surface area (Å²) >= 11 is 1.47. The van der Waals surface area contributed by atoms with Crippen LogP contribution in [-0.2, 0) is 6.54 Å². The second kappa shape index (κ2) is 6.20. The molecule has 0 radical (unpaired) electrons. The van der Waals surface area contributed by atoms with E-state index in [0.717, 1.165) is 24.5 Å². The highest BCUT2D eigenvalue weighted by Crippen LogP contribution is 2.22. The topological polar surface area (TPSA) is 62.5 Å². The Bertz CT molecular complexity index is 469. The van der Waals surface area contributed by atoms with Gasteiger partial charge in [-0.05, 0) is 38.8 Å². The van der Waals surface area contributed by atoms with Gasteiger partial charge < -0.3 is 10.6 Å². The lowest BCUT2D eigenvalue weighted by atomic mass is 10.0. The first-order chi connectivity index (χ1) is 9.78. The largest absolute Gasteiger partial charge is 0.336 e. The molecule has 1 amide bonds. The van der Waals surface area contributed by atoms with E-state index in [-0.39, 0.29) is 5.91 Å². The van der Waals surface area contributed by atoms with Crippen LogP contribution in [0.5, 0.6) is 0 Å². The maximum absolute atomic E-state index is 12.5. The number of piperidine rings is 1. The van der Waals surface area contributed by atoms with Crippen molar-refractivity contribution >= 4 is 17.2 Å². The molecule has 2 N–H and O–H groups in total. The van der Waals surface area contributed by atoms with Gasteiger partial charge in [0.2, 0.25) is 0 Å². The fraction of sp³-hybridized carbons (Fsp3) is 0.714. The van der Waals surface area contributed by atoms with Crippen LogP contribution in [0, 0.1) is 0 Å². The van der Waals surface area contributed by atoms with Crippen molar-refractivity contribution in [3.8, 4) is 0 Å². The third-order valence-corrected chi connectivity index (χ3v) is 5.16. The van der Waals surface area contributed by atoms with E-state index >= 15 is 0 Å². The molecule has 6 heteroatoms. The fourth-order valence-corrected chi connectivity index (χ4v) is 3.86. The summed E-state index contributed by atoms with van der Waals surface area (Å²) in [6.45, 7) is 4.52. The van der Waals surface area contributed by atoms with Gasteiger partial charge in [0.25, 0.3) is 5.91 Å². The number of carbonyl (C=O) groups excluding carboxylic acids is 1. The Kier molecular flexibility index (Phi) is 4.33. The second-order valence-corrected chi connectivity index (χ2v) is 6.56. The number of hydrogen-bond acceptors (Lipinski definition) is 5. The zero-order chi connectivity index (χ0) is 13.9. The van der Waals surface area contributed by atoms with Gasteiger partial charge in [0.05, 0.1) is 0 Å². The minimum Gasteiger partial charge on any atom is -0.336 e. The van der Waals surface area contributed by atoms with Crippen molar-refractivity contribution in [1.82, 2.24) is 14.8 Å². The molecule has 110 valence electrons. The molecule has 1 atom stereocenters. The van der Waals surface area contributed by atoms with E-state index in [1.165, 1.54) is 43.7 Å². The number of rotatable bonds is 3. The summed E-state index contributed by atoms with van der Waals surface area (Å²) in [4.78, 5) is 21.3. The van der Waals surface area contributed by atoms with Gasteiger partial charge in [-0.1, -0.05) is 0 Å². The van der Waals surface area contributed by atoms with E-state index in [2.05, 4.69) is 9.88 Å². The summed E-state index contributed by atoms with van der Waals surface area (Å²) in [5.41, 5.74) is 6.13. The second-order valence-electron chi connectivity index (χ2n) is 5.62. The Hall–Kier alpha value is -0.980. The first-order valence-corrected chi connectivity index (χ1v) is 8.33. The average Bonchev–Trinajstić information content (AvgIpc) is 3.17. The Morgan fingerprint density at radius 2 is 2.15 bits per heavy atom. The highest BCUT2D eigenvalue weighted by Gasteiger charge is 2.30. The molecule has 3 rings (SSSR count). The van der Waals surface area contributed by atoms with Crippen LogP contribution in [0.1, 0.15) is 41.2 Å². The maximum atomic E-state index is 12.5.